The molecule has 0 spiro atoms. The number of aromatic amines is 1. The van der Waals surface area contributed by atoms with E-state index in [1.54, 1.807) is 6.07 Å². The molecular weight excluding hydrogens is 441 g/mol. The highest BCUT2D eigenvalue weighted by atomic mass is 19.1. The van der Waals surface area contributed by atoms with Crippen molar-refractivity contribution in [3.8, 4) is 22.3 Å². The lowest BCUT2D eigenvalue weighted by atomic mass is 10.0. The molecule has 1 aliphatic heterocycles. The fourth-order valence-corrected chi connectivity index (χ4v) is 5.71. The Kier molecular flexibility index (Phi) is 5.03. The molecule has 0 bridgehead atoms. The normalized spacial score (nSPS) is 15.6. The van der Waals surface area contributed by atoms with Crippen molar-refractivity contribution in [3.63, 3.8) is 0 Å². The lowest BCUT2D eigenvalue weighted by Crippen LogP contribution is -2.31. The highest BCUT2D eigenvalue weighted by Crippen LogP contribution is 2.36. The minimum atomic E-state index is -0.287. The number of hydrogen-bond acceptors (Lipinski definition) is 4. The number of fused-ring (bicyclic) bond motifs is 2. The molecule has 0 radical (unpaired) electrons. The van der Waals surface area contributed by atoms with Gasteiger partial charge in [-0.1, -0.05) is 0 Å². The number of aromatic nitrogens is 6. The molecule has 7 nitrogen and oxygen atoms in total. The van der Waals surface area contributed by atoms with Gasteiger partial charge < -0.3 is 14.5 Å². The Bertz CT molecular complexity index is 1580. The van der Waals surface area contributed by atoms with Crippen molar-refractivity contribution in [2.45, 2.75) is 39.7 Å². The van der Waals surface area contributed by atoms with Crippen molar-refractivity contribution in [3.05, 3.63) is 53.6 Å². The Hall–Kier alpha value is -3.52. The average Bonchev–Trinajstić information content (AvgIpc) is 3.47. The third kappa shape index (κ3) is 3.46. The molecule has 1 aromatic carbocycles. The summed E-state index contributed by atoms with van der Waals surface area (Å²) in [5, 5.41) is 5.52. The van der Waals surface area contributed by atoms with Crippen LogP contribution in [0.4, 0.5) is 4.39 Å². The van der Waals surface area contributed by atoms with Crippen LogP contribution >= 0.6 is 0 Å². The van der Waals surface area contributed by atoms with Crippen LogP contribution in [-0.4, -0.2) is 54.3 Å². The van der Waals surface area contributed by atoms with Gasteiger partial charge in [0.25, 0.3) is 0 Å². The minimum absolute atomic E-state index is 0.287. The van der Waals surface area contributed by atoms with Gasteiger partial charge >= 0.3 is 0 Å². The average molecular weight is 472 g/mol. The highest BCUT2D eigenvalue weighted by Gasteiger charge is 2.24. The first-order valence-corrected chi connectivity index (χ1v) is 12.2. The van der Waals surface area contributed by atoms with E-state index in [9.17, 15) is 0 Å². The molecule has 6 rings (SSSR count). The number of nitrogens with zero attached hydrogens (tertiary/aromatic N) is 6. The van der Waals surface area contributed by atoms with Crippen LogP contribution in [0, 0.1) is 26.6 Å². The summed E-state index contributed by atoms with van der Waals surface area (Å²) in [7, 11) is 4.10. The molecule has 5 aromatic rings. The topological polar surface area (TPSA) is 67.6 Å². The third-order valence-corrected chi connectivity index (χ3v) is 7.62. The third-order valence-electron chi connectivity index (χ3n) is 7.62. The van der Waals surface area contributed by atoms with E-state index in [0.717, 1.165) is 81.9 Å². The molecule has 1 saturated heterocycles. The van der Waals surface area contributed by atoms with Gasteiger partial charge in [0.05, 0.1) is 11.2 Å². The maximum Gasteiger partial charge on any atom is 0.151 e. The van der Waals surface area contributed by atoms with Crippen LogP contribution in [-0.2, 0) is 7.05 Å². The summed E-state index contributed by atoms with van der Waals surface area (Å²) in [5.74, 6) is 0.584. The number of pyridine rings is 1. The van der Waals surface area contributed by atoms with E-state index in [4.69, 9.17) is 0 Å². The molecule has 1 fully saturated rings. The first-order valence-electron chi connectivity index (χ1n) is 12.2. The second-order valence-electron chi connectivity index (χ2n) is 9.88. The monoisotopic (exact) mass is 471 g/mol. The number of piperidine rings is 1. The predicted octanol–water partition coefficient (Wildman–Crippen LogP) is 5.31. The van der Waals surface area contributed by atoms with Gasteiger partial charge in [-0.3, -0.25) is 4.68 Å². The molecule has 1 aliphatic rings. The molecule has 1 N–H and O–H groups in total. The van der Waals surface area contributed by atoms with Gasteiger partial charge in [-0.15, -0.1) is 0 Å². The van der Waals surface area contributed by atoms with Crippen molar-refractivity contribution in [2.24, 2.45) is 7.05 Å². The zero-order valence-corrected chi connectivity index (χ0v) is 20.9. The fraction of sp³-hybridized carbons (Fsp3) is 0.370. The number of benzene rings is 1. The van der Waals surface area contributed by atoms with E-state index in [1.165, 1.54) is 0 Å². The molecular formula is C27H30FN7. The van der Waals surface area contributed by atoms with Gasteiger partial charge in [-0.2, -0.15) is 5.10 Å². The molecule has 35 heavy (non-hydrogen) atoms. The van der Waals surface area contributed by atoms with Crippen LogP contribution in [0.2, 0.25) is 0 Å². The number of aryl methyl sites for hydroxylation is 3. The maximum absolute atomic E-state index is 15.4. The lowest BCUT2D eigenvalue weighted by molar-refractivity contribution is 0.222. The van der Waals surface area contributed by atoms with Crippen molar-refractivity contribution in [1.82, 2.24) is 34.2 Å². The van der Waals surface area contributed by atoms with E-state index < -0.39 is 0 Å². The zero-order valence-electron chi connectivity index (χ0n) is 20.9. The standard InChI is InChI=1S/C27H30FN7/c1-15-25(16(2)34(5)32-15)19-10-21-22(14-30-27(21)29-13-19)18-11-23(28)26-24(12-18)35(17(3)31-26)20-6-8-33(4)9-7-20/h10-14,20H,6-9H2,1-5H3,(H,29,30). The Morgan fingerprint density at radius 3 is 2.51 bits per heavy atom. The summed E-state index contributed by atoms with van der Waals surface area (Å²) in [6, 6.07) is 6.15. The minimum Gasteiger partial charge on any atom is -0.346 e. The molecule has 8 heteroatoms. The van der Waals surface area contributed by atoms with Gasteiger partial charge in [0.15, 0.2) is 5.82 Å². The van der Waals surface area contributed by atoms with Gasteiger partial charge in [0.2, 0.25) is 0 Å². The van der Waals surface area contributed by atoms with Crippen molar-refractivity contribution >= 4 is 22.1 Å². The van der Waals surface area contributed by atoms with Crippen LogP contribution in [0.5, 0.6) is 0 Å². The SMILES string of the molecule is Cc1nn(C)c(C)c1-c1cnc2[nH]cc(-c3cc(F)c4nc(C)n(C5CCN(C)CC5)c4c3)c2c1. The number of likely N-dealkylation sites (tertiary alicyclic amines) is 1. The number of rotatable bonds is 3. The predicted molar refractivity (Wildman–Crippen MR) is 137 cm³/mol. The van der Waals surface area contributed by atoms with E-state index in [1.807, 2.05) is 38.0 Å². The van der Waals surface area contributed by atoms with Gasteiger partial charge in [0.1, 0.15) is 17.0 Å². The van der Waals surface area contributed by atoms with E-state index in [-0.39, 0.29) is 5.82 Å². The van der Waals surface area contributed by atoms with Crippen LogP contribution in [0.15, 0.2) is 30.6 Å². The lowest BCUT2D eigenvalue weighted by Gasteiger charge is -2.30. The van der Waals surface area contributed by atoms with Gasteiger partial charge in [-0.25, -0.2) is 14.4 Å². The number of halogens is 1. The Balaban J connectivity index is 1.50. The second kappa shape index (κ2) is 8.02. The Labute approximate surface area is 203 Å². The number of nitrogens with one attached hydrogen (secondary N) is 1. The van der Waals surface area contributed by atoms with Crippen LogP contribution < -0.4 is 0 Å². The maximum atomic E-state index is 15.4. The zero-order chi connectivity index (χ0) is 24.4. The Morgan fingerprint density at radius 1 is 1.03 bits per heavy atom. The Morgan fingerprint density at radius 2 is 1.80 bits per heavy atom. The van der Waals surface area contributed by atoms with Gasteiger partial charge in [-0.05, 0) is 77.5 Å². The largest absolute Gasteiger partial charge is 0.346 e. The van der Waals surface area contributed by atoms with Crippen molar-refractivity contribution < 1.29 is 4.39 Å². The molecule has 0 aliphatic carbocycles. The number of imidazole rings is 1. The summed E-state index contributed by atoms with van der Waals surface area (Å²) >= 11 is 0. The van der Waals surface area contributed by atoms with Crippen LogP contribution in [0.1, 0.15) is 36.1 Å². The molecule has 0 atom stereocenters. The summed E-state index contributed by atoms with van der Waals surface area (Å²) in [5.41, 5.74) is 8.01. The molecule has 180 valence electrons. The highest BCUT2D eigenvalue weighted by molar-refractivity contribution is 5.98. The molecule has 5 heterocycles. The van der Waals surface area contributed by atoms with E-state index >= 15 is 4.39 Å². The molecule has 0 amide bonds. The van der Waals surface area contributed by atoms with Crippen molar-refractivity contribution in [2.75, 3.05) is 20.1 Å². The van der Waals surface area contributed by atoms with Crippen LogP contribution in [0.3, 0.4) is 0 Å². The molecule has 0 unspecified atom stereocenters. The summed E-state index contributed by atoms with van der Waals surface area (Å²) < 4.78 is 19.5. The quantitative estimate of drug-likeness (QED) is 0.387. The second-order valence-corrected chi connectivity index (χ2v) is 9.88. The smallest absolute Gasteiger partial charge is 0.151 e. The molecule has 0 saturated carbocycles. The fourth-order valence-electron chi connectivity index (χ4n) is 5.71. The number of H-pyrrole nitrogens is 1. The first-order chi connectivity index (χ1) is 16.8. The van der Waals surface area contributed by atoms with Crippen LogP contribution in [0.25, 0.3) is 44.3 Å². The van der Waals surface area contributed by atoms with E-state index in [0.29, 0.717) is 11.6 Å². The number of hydrogen-bond donors (Lipinski definition) is 1. The van der Waals surface area contributed by atoms with E-state index in [2.05, 4.69) is 55.6 Å². The first kappa shape index (κ1) is 22.0. The van der Waals surface area contributed by atoms with Crippen molar-refractivity contribution in [1.29, 1.82) is 0 Å². The van der Waals surface area contributed by atoms with Gasteiger partial charge in [0, 0.05) is 53.3 Å². The summed E-state index contributed by atoms with van der Waals surface area (Å²) in [6.07, 6.45) is 5.88. The summed E-state index contributed by atoms with van der Waals surface area (Å²) in [6.45, 7) is 8.14. The summed E-state index contributed by atoms with van der Waals surface area (Å²) in [4.78, 5) is 14.9. The molecule has 4 aromatic heterocycles.